The number of hydrogen-bond donors (Lipinski definition) is 1. The zero-order valence-corrected chi connectivity index (χ0v) is 13.2. The third kappa shape index (κ3) is 3.70. The maximum atomic E-state index is 12.6. The Morgan fingerprint density at radius 3 is 2.38 bits per heavy atom. The van der Waals surface area contributed by atoms with Gasteiger partial charge in [-0.1, -0.05) is 12.1 Å². The van der Waals surface area contributed by atoms with Gasteiger partial charge < -0.3 is 5.11 Å². The third-order valence-electron chi connectivity index (χ3n) is 3.92. The molecular weight excluding hydrogens is 290 g/mol. The lowest BCUT2D eigenvalue weighted by Gasteiger charge is -2.22. The van der Waals surface area contributed by atoms with Gasteiger partial charge in [-0.2, -0.15) is 4.31 Å². The second-order valence-electron chi connectivity index (χ2n) is 5.84. The Kier molecular flexibility index (Phi) is 4.51. The Morgan fingerprint density at radius 1 is 1.19 bits per heavy atom. The highest BCUT2D eigenvalue weighted by molar-refractivity contribution is 7.89. The molecule has 0 amide bonds. The summed E-state index contributed by atoms with van der Waals surface area (Å²) in [6.45, 7) is 3.90. The minimum absolute atomic E-state index is 0.0928. The molecule has 1 fully saturated rings. The summed E-state index contributed by atoms with van der Waals surface area (Å²) in [7, 11) is -3.57. The highest BCUT2D eigenvalue weighted by Crippen LogP contribution is 2.25. The number of carbonyl (C=O) groups is 1. The summed E-state index contributed by atoms with van der Waals surface area (Å²) in [5.74, 6) is -0.0928. The first-order chi connectivity index (χ1) is 9.72. The fraction of sp³-hybridized carbons (Fsp3) is 0.533. The van der Waals surface area contributed by atoms with Crippen molar-refractivity contribution < 1.29 is 18.3 Å². The molecule has 0 radical (unpaired) electrons. The monoisotopic (exact) mass is 311 g/mol. The summed E-state index contributed by atoms with van der Waals surface area (Å²) in [6, 6.07) is 6.00. The topological polar surface area (TPSA) is 74.7 Å². The van der Waals surface area contributed by atoms with Crippen LogP contribution in [0, 0.1) is 0 Å². The summed E-state index contributed by atoms with van der Waals surface area (Å²) in [5, 5.41) is 10.0. The maximum absolute atomic E-state index is 12.6. The van der Waals surface area contributed by atoms with E-state index in [4.69, 9.17) is 0 Å². The summed E-state index contributed by atoms with van der Waals surface area (Å²) in [6.07, 6.45) is 1.66. The Morgan fingerprint density at radius 2 is 1.81 bits per heavy atom. The molecule has 5 nitrogen and oxygen atoms in total. The van der Waals surface area contributed by atoms with E-state index >= 15 is 0 Å². The first kappa shape index (κ1) is 16.1. The van der Waals surface area contributed by atoms with Gasteiger partial charge in [0, 0.05) is 18.7 Å². The molecule has 1 aliphatic heterocycles. The minimum Gasteiger partial charge on any atom is -0.390 e. The van der Waals surface area contributed by atoms with Crippen molar-refractivity contribution in [3.05, 3.63) is 29.8 Å². The van der Waals surface area contributed by atoms with Crippen LogP contribution in [-0.4, -0.2) is 42.3 Å². The second kappa shape index (κ2) is 5.87. The molecule has 1 unspecified atom stereocenters. The molecule has 0 aliphatic carbocycles. The highest BCUT2D eigenvalue weighted by atomic mass is 32.2. The molecule has 1 N–H and O–H groups in total. The van der Waals surface area contributed by atoms with Gasteiger partial charge in [0.1, 0.15) is 0 Å². The van der Waals surface area contributed by atoms with Crippen LogP contribution in [0.2, 0.25) is 0 Å². The largest absolute Gasteiger partial charge is 0.390 e. The van der Waals surface area contributed by atoms with E-state index in [9.17, 15) is 18.3 Å². The van der Waals surface area contributed by atoms with Gasteiger partial charge >= 0.3 is 0 Å². The quantitative estimate of drug-likeness (QED) is 0.864. The van der Waals surface area contributed by atoms with E-state index in [2.05, 4.69) is 0 Å². The van der Waals surface area contributed by atoms with Gasteiger partial charge in [0.05, 0.1) is 10.5 Å². The third-order valence-corrected chi connectivity index (χ3v) is 5.83. The van der Waals surface area contributed by atoms with Crippen molar-refractivity contribution in [3.63, 3.8) is 0 Å². The number of ketones is 1. The Balaban J connectivity index is 2.23. The van der Waals surface area contributed by atoms with Crippen LogP contribution in [0.3, 0.4) is 0 Å². The van der Waals surface area contributed by atoms with E-state index in [0.29, 0.717) is 37.9 Å². The van der Waals surface area contributed by atoms with Crippen LogP contribution in [0.15, 0.2) is 29.2 Å². The Hall–Kier alpha value is -1.24. The molecule has 0 spiro atoms. The number of nitrogens with zero attached hydrogens (tertiary/aromatic N) is 1. The van der Waals surface area contributed by atoms with Crippen LogP contribution in [-0.2, 0) is 10.0 Å². The molecule has 1 atom stereocenters. The maximum Gasteiger partial charge on any atom is 0.243 e. The van der Waals surface area contributed by atoms with Crippen LogP contribution < -0.4 is 0 Å². The number of Topliss-reactive ketones (excluding diaryl/α,β-unsaturated/α-hetero) is 1. The predicted molar refractivity (Wildman–Crippen MR) is 79.7 cm³/mol. The second-order valence-corrected chi connectivity index (χ2v) is 7.77. The molecule has 6 heteroatoms. The minimum atomic E-state index is -3.57. The van der Waals surface area contributed by atoms with Gasteiger partial charge in [-0.15, -0.1) is 0 Å². The van der Waals surface area contributed by atoms with Crippen LogP contribution in [0.5, 0.6) is 0 Å². The molecule has 21 heavy (non-hydrogen) atoms. The smallest absolute Gasteiger partial charge is 0.243 e. The zero-order chi connectivity index (χ0) is 15.7. The Bertz CT molecular complexity index is 620. The van der Waals surface area contributed by atoms with Gasteiger partial charge in [0.15, 0.2) is 5.78 Å². The molecule has 2 rings (SSSR count). The lowest BCUT2D eigenvalue weighted by molar-refractivity contribution is 0.0465. The molecular formula is C15H21NO4S. The number of benzene rings is 1. The number of rotatable bonds is 3. The van der Waals surface area contributed by atoms with Crippen LogP contribution in [0.4, 0.5) is 0 Å². The van der Waals surface area contributed by atoms with E-state index in [1.165, 1.54) is 35.5 Å². The molecule has 1 aromatic rings. The van der Waals surface area contributed by atoms with Crippen molar-refractivity contribution in [2.24, 2.45) is 0 Å². The standard InChI is InChI=1S/C15H21NO4S/c1-12(17)13-4-6-14(7-5-13)21(19,20)16-10-3-8-15(2,18)9-11-16/h4-7,18H,3,8-11H2,1-2H3. The van der Waals surface area contributed by atoms with Crippen LogP contribution in [0.25, 0.3) is 0 Å². The number of aliphatic hydroxyl groups is 1. The molecule has 1 saturated heterocycles. The van der Waals surface area contributed by atoms with E-state index in [1.54, 1.807) is 6.92 Å². The fourth-order valence-electron chi connectivity index (χ4n) is 2.49. The number of hydrogen-bond acceptors (Lipinski definition) is 4. The summed E-state index contributed by atoms with van der Waals surface area (Å²) in [5.41, 5.74) is -0.310. The first-order valence-corrected chi connectivity index (χ1v) is 8.50. The van der Waals surface area contributed by atoms with Gasteiger partial charge in [-0.05, 0) is 45.2 Å². The molecule has 1 heterocycles. The fourth-order valence-corrected chi connectivity index (χ4v) is 3.97. The summed E-state index contributed by atoms with van der Waals surface area (Å²) >= 11 is 0. The van der Waals surface area contributed by atoms with Crippen molar-refractivity contribution in [1.29, 1.82) is 0 Å². The van der Waals surface area contributed by atoms with Crippen molar-refractivity contribution in [3.8, 4) is 0 Å². The number of carbonyl (C=O) groups excluding carboxylic acids is 1. The van der Waals surface area contributed by atoms with Crippen molar-refractivity contribution >= 4 is 15.8 Å². The molecule has 0 saturated carbocycles. The van der Waals surface area contributed by atoms with E-state index in [-0.39, 0.29) is 10.7 Å². The first-order valence-electron chi connectivity index (χ1n) is 7.06. The van der Waals surface area contributed by atoms with Gasteiger partial charge in [-0.3, -0.25) is 4.79 Å². The highest BCUT2D eigenvalue weighted by Gasteiger charge is 2.31. The van der Waals surface area contributed by atoms with Gasteiger partial charge in [0.25, 0.3) is 0 Å². The lowest BCUT2D eigenvalue weighted by Crippen LogP contribution is -2.33. The van der Waals surface area contributed by atoms with Gasteiger partial charge in [-0.25, -0.2) is 8.42 Å². The molecule has 1 aromatic carbocycles. The van der Waals surface area contributed by atoms with E-state index in [1.807, 2.05) is 0 Å². The average Bonchev–Trinajstić information content (AvgIpc) is 2.60. The van der Waals surface area contributed by atoms with E-state index < -0.39 is 15.6 Å². The SMILES string of the molecule is CC(=O)c1ccc(S(=O)(=O)N2CCCC(C)(O)CC2)cc1. The summed E-state index contributed by atoms with van der Waals surface area (Å²) in [4.78, 5) is 11.4. The van der Waals surface area contributed by atoms with Gasteiger partial charge in [0.2, 0.25) is 10.0 Å². The van der Waals surface area contributed by atoms with Crippen molar-refractivity contribution in [2.75, 3.05) is 13.1 Å². The predicted octanol–water partition coefficient (Wildman–Crippen LogP) is 1.81. The molecule has 1 aliphatic rings. The van der Waals surface area contributed by atoms with Crippen molar-refractivity contribution in [2.45, 2.75) is 43.6 Å². The normalized spacial score (nSPS) is 24.5. The average molecular weight is 311 g/mol. The lowest BCUT2D eigenvalue weighted by atomic mass is 9.98. The van der Waals surface area contributed by atoms with Crippen LogP contribution >= 0.6 is 0 Å². The van der Waals surface area contributed by atoms with Crippen molar-refractivity contribution in [1.82, 2.24) is 4.31 Å². The molecule has 0 bridgehead atoms. The molecule has 0 aromatic heterocycles. The molecule has 116 valence electrons. The van der Waals surface area contributed by atoms with Crippen LogP contribution in [0.1, 0.15) is 43.5 Å². The van der Waals surface area contributed by atoms with E-state index in [0.717, 1.165) is 0 Å². The summed E-state index contributed by atoms with van der Waals surface area (Å²) < 4.78 is 26.6. The zero-order valence-electron chi connectivity index (χ0n) is 12.4. The Labute approximate surface area is 125 Å². The number of sulfonamides is 1.